The maximum atomic E-state index is 11.1. The molecule has 1 heterocycles. The Kier molecular flexibility index (Phi) is 4.87. The number of rotatable bonds is 4. The number of benzene rings is 1. The van der Waals surface area contributed by atoms with Gasteiger partial charge in [0.05, 0.1) is 34.1 Å². The molecule has 1 saturated heterocycles. The smallest absolute Gasteiger partial charge is 0.306 e. The van der Waals surface area contributed by atoms with Crippen LogP contribution in [0.25, 0.3) is 0 Å². The number of carbonyl (C=O) groups is 1. The van der Waals surface area contributed by atoms with Crippen molar-refractivity contribution in [1.82, 2.24) is 0 Å². The second kappa shape index (κ2) is 6.46. The van der Waals surface area contributed by atoms with Crippen LogP contribution >= 0.6 is 23.2 Å². The topological polar surface area (TPSA) is 92.9 Å². The summed E-state index contributed by atoms with van der Waals surface area (Å²) in [5.74, 6) is -0.981. The summed E-state index contributed by atoms with van der Waals surface area (Å²) in [5, 5.41) is 20.2. The molecule has 0 bridgehead atoms. The van der Waals surface area contributed by atoms with Crippen molar-refractivity contribution in [2.45, 2.75) is 12.5 Å². The van der Waals surface area contributed by atoms with Gasteiger partial charge in [0.2, 0.25) is 0 Å². The van der Waals surface area contributed by atoms with Crippen molar-refractivity contribution >= 4 is 40.5 Å². The molecule has 0 radical (unpaired) electrons. The predicted octanol–water partition coefficient (Wildman–Crippen LogP) is 2.58. The molecule has 1 aromatic carbocycles. The van der Waals surface area contributed by atoms with Crippen molar-refractivity contribution in [3.8, 4) is 0 Å². The van der Waals surface area contributed by atoms with E-state index in [2.05, 4.69) is 0 Å². The zero-order valence-electron chi connectivity index (χ0n) is 10.8. The Hall–Kier alpha value is -1.57. The molecular formula is C12H12Cl2N2O5. The average molecular weight is 335 g/mol. The Morgan fingerprint density at radius 1 is 1.48 bits per heavy atom. The number of nitro benzene ring substituents is 1. The standard InChI is InChI=1S/C12H12Cl2N2O5/c13-8-4-10(11(16(19)20)5-9(8)14)15-1-2-21-7(6-15)3-12(17)18/h4-5,7H,1-3,6H2,(H,17,18). The van der Waals surface area contributed by atoms with Crippen molar-refractivity contribution in [3.05, 3.63) is 32.3 Å². The van der Waals surface area contributed by atoms with Gasteiger partial charge in [-0.05, 0) is 6.07 Å². The minimum absolute atomic E-state index is 0.0995. The lowest BCUT2D eigenvalue weighted by atomic mass is 10.1. The number of nitrogens with zero attached hydrogens (tertiary/aromatic N) is 2. The maximum absolute atomic E-state index is 11.1. The number of hydrogen-bond donors (Lipinski definition) is 1. The summed E-state index contributed by atoms with van der Waals surface area (Å²) in [6.45, 7) is 0.940. The van der Waals surface area contributed by atoms with E-state index >= 15 is 0 Å². The van der Waals surface area contributed by atoms with Crippen LogP contribution in [0, 0.1) is 10.1 Å². The number of halogens is 2. The molecule has 114 valence electrons. The molecule has 1 aliphatic heterocycles. The highest BCUT2D eigenvalue weighted by atomic mass is 35.5. The van der Waals surface area contributed by atoms with Crippen LogP contribution in [0.4, 0.5) is 11.4 Å². The van der Waals surface area contributed by atoms with Gasteiger partial charge in [0, 0.05) is 19.2 Å². The van der Waals surface area contributed by atoms with Gasteiger partial charge in [-0.3, -0.25) is 14.9 Å². The fourth-order valence-electron chi connectivity index (χ4n) is 2.18. The lowest BCUT2D eigenvalue weighted by molar-refractivity contribution is -0.384. The van der Waals surface area contributed by atoms with E-state index in [1.807, 2.05) is 0 Å². The van der Waals surface area contributed by atoms with E-state index in [1.54, 1.807) is 4.90 Å². The van der Waals surface area contributed by atoms with Crippen molar-refractivity contribution in [2.24, 2.45) is 0 Å². The molecule has 0 aliphatic carbocycles. The molecule has 1 aromatic rings. The molecule has 0 amide bonds. The second-order valence-electron chi connectivity index (χ2n) is 4.55. The molecule has 1 unspecified atom stereocenters. The van der Waals surface area contributed by atoms with Gasteiger partial charge in [-0.1, -0.05) is 23.2 Å². The number of carboxylic acid groups (broad SMARTS) is 1. The Morgan fingerprint density at radius 2 is 2.14 bits per heavy atom. The van der Waals surface area contributed by atoms with Crippen molar-refractivity contribution < 1.29 is 19.6 Å². The Bertz CT molecular complexity index is 581. The van der Waals surface area contributed by atoms with E-state index in [0.29, 0.717) is 12.2 Å². The van der Waals surface area contributed by atoms with Gasteiger partial charge in [-0.25, -0.2) is 0 Å². The largest absolute Gasteiger partial charge is 0.481 e. The van der Waals surface area contributed by atoms with E-state index in [4.69, 9.17) is 33.0 Å². The maximum Gasteiger partial charge on any atom is 0.306 e. The van der Waals surface area contributed by atoms with Crippen molar-refractivity contribution in [1.29, 1.82) is 0 Å². The lowest BCUT2D eigenvalue weighted by Gasteiger charge is -2.33. The van der Waals surface area contributed by atoms with E-state index in [0.717, 1.165) is 0 Å². The molecule has 0 spiro atoms. The van der Waals surface area contributed by atoms with Gasteiger partial charge in [0.15, 0.2) is 0 Å². The highest BCUT2D eigenvalue weighted by molar-refractivity contribution is 6.42. The molecule has 0 aromatic heterocycles. The highest BCUT2D eigenvalue weighted by Crippen LogP contribution is 2.37. The molecule has 1 N–H and O–H groups in total. The number of nitro groups is 1. The van der Waals surface area contributed by atoms with E-state index < -0.39 is 17.0 Å². The highest BCUT2D eigenvalue weighted by Gasteiger charge is 2.28. The first-order chi connectivity index (χ1) is 9.88. The normalized spacial score (nSPS) is 18.6. The van der Waals surface area contributed by atoms with Gasteiger partial charge in [-0.2, -0.15) is 0 Å². The first kappa shape index (κ1) is 15.8. The zero-order chi connectivity index (χ0) is 15.6. The van der Waals surface area contributed by atoms with E-state index in [-0.39, 0.29) is 35.3 Å². The molecule has 2 rings (SSSR count). The quantitative estimate of drug-likeness (QED) is 0.671. The summed E-state index contributed by atoms with van der Waals surface area (Å²) in [6, 6.07) is 2.62. The number of morpholine rings is 1. The van der Waals surface area contributed by atoms with Gasteiger partial charge in [0.1, 0.15) is 5.69 Å². The molecule has 1 fully saturated rings. The Balaban J connectivity index is 2.30. The fraction of sp³-hybridized carbons (Fsp3) is 0.417. The zero-order valence-corrected chi connectivity index (χ0v) is 12.3. The van der Waals surface area contributed by atoms with Crippen LogP contribution in [0.2, 0.25) is 10.0 Å². The van der Waals surface area contributed by atoms with Gasteiger partial charge in [-0.15, -0.1) is 0 Å². The van der Waals surface area contributed by atoms with Crippen LogP contribution in [0.1, 0.15) is 6.42 Å². The Labute approximate surface area is 130 Å². The molecule has 9 heteroatoms. The van der Waals surface area contributed by atoms with Crippen molar-refractivity contribution in [3.63, 3.8) is 0 Å². The van der Waals surface area contributed by atoms with Gasteiger partial charge < -0.3 is 14.7 Å². The lowest BCUT2D eigenvalue weighted by Crippen LogP contribution is -2.43. The third-order valence-electron chi connectivity index (χ3n) is 3.10. The molecule has 21 heavy (non-hydrogen) atoms. The van der Waals surface area contributed by atoms with Gasteiger partial charge in [0.25, 0.3) is 5.69 Å². The summed E-state index contributed by atoms with van der Waals surface area (Å²) >= 11 is 11.7. The number of hydrogen-bond acceptors (Lipinski definition) is 5. The van der Waals surface area contributed by atoms with Crippen LogP contribution in [-0.2, 0) is 9.53 Å². The predicted molar refractivity (Wildman–Crippen MR) is 77.3 cm³/mol. The second-order valence-corrected chi connectivity index (χ2v) is 5.36. The molecule has 0 saturated carbocycles. The molecule has 1 atom stereocenters. The number of ether oxygens (including phenoxy) is 1. The van der Waals surface area contributed by atoms with E-state index in [9.17, 15) is 14.9 Å². The minimum Gasteiger partial charge on any atom is -0.481 e. The number of aliphatic carboxylic acids is 1. The average Bonchev–Trinajstić information content (AvgIpc) is 2.40. The van der Waals surface area contributed by atoms with Crippen LogP contribution < -0.4 is 4.90 Å². The monoisotopic (exact) mass is 334 g/mol. The van der Waals surface area contributed by atoms with Crippen LogP contribution in [0.5, 0.6) is 0 Å². The van der Waals surface area contributed by atoms with E-state index in [1.165, 1.54) is 12.1 Å². The van der Waals surface area contributed by atoms with Crippen molar-refractivity contribution in [2.75, 3.05) is 24.6 Å². The summed E-state index contributed by atoms with van der Waals surface area (Å²) < 4.78 is 5.34. The first-order valence-corrected chi connectivity index (χ1v) is 6.86. The van der Waals surface area contributed by atoms with Crippen LogP contribution in [-0.4, -0.2) is 41.8 Å². The first-order valence-electron chi connectivity index (χ1n) is 6.10. The van der Waals surface area contributed by atoms with Crippen LogP contribution in [0.15, 0.2) is 12.1 Å². The van der Waals surface area contributed by atoms with Gasteiger partial charge >= 0.3 is 5.97 Å². The minimum atomic E-state index is -0.981. The molecular weight excluding hydrogens is 323 g/mol. The summed E-state index contributed by atoms with van der Waals surface area (Å²) in [4.78, 5) is 23.0. The molecule has 7 nitrogen and oxygen atoms in total. The molecule has 1 aliphatic rings. The fourth-order valence-corrected chi connectivity index (χ4v) is 2.50. The number of carboxylic acids is 1. The summed E-state index contributed by atoms with van der Waals surface area (Å²) in [5.41, 5.74) is 0.147. The Morgan fingerprint density at radius 3 is 2.76 bits per heavy atom. The summed E-state index contributed by atoms with van der Waals surface area (Å²) in [6.07, 6.45) is -0.684. The third-order valence-corrected chi connectivity index (χ3v) is 3.82. The van der Waals surface area contributed by atoms with Crippen LogP contribution in [0.3, 0.4) is 0 Å². The third kappa shape index (κ3) is 3.75. The SMILES string of the molecule is O=C(O)CC1CN(c2cc(Cl)c(Cl)cc2[N+](=O)[O-])CCO1. The number of anilines is 1. The summed E-state index contributed by atoms with van der Waals surface area (Å²) in [7, 11) is 0.